The van der Waals surface area contributed by atoms with Crippen molar-refractivity contribution in [1.29, 1.82) is 0 Å². The molecule has 1 aromatic heterocycles. The fourth-order valence-corrected chi connectivity index (χ4v) is 2.65. The summed E-state index contributed by atoms with van der Waals surface area (Å²) in [7, 11) is 0. The number of rotatable bonds is 1. The van der Waals surface area contributed by atoms with Gasteiger partial charge in [0.05, 0.1) is 5.69 Å². The van der Waals surface area contributed by atoms with Gasteiger partial charge in [-0.25, -0.2) is 4.98 Å². The smallest absolute Gasteiger partial charge is 0.168 e. The van der Waals surface area contributed by atoms with Crippen molar-refractivity contribution >= 4 is 17.4 Å². The van der Waals surface area contributed by atoms with E-state index in [2.05, 4.69) is 15.7 Å². The average molecular weight is 217 g/mol. The van der Waals surface area contributed by atoms with Crippen LogP contribution < -0.4 is 5.73 Å². The number of aromatic nitrogens is 2. The first-order valence-electron chi connectivity index (χ1n) is 4.89. The van der Waals surface area contributed by atoms with Gasteiger partial charge in [0, 0.05) is 29.7 Å². The molecule has 2 N–H and O–H groups in total. The Morgan fingerprint density at radius 2 is 2.07 bits per heavy atom. The number of nitrogens with two attached hydrogens (primary N) is 1. The predicted octanol–water partition coefficient (Wildman–Crippen LogP) is 2.24. The van der Waals surface area contributed by atoms with Crippen molar-refractivity contribution in [2.75, 3.05) is 11.5 Å². The van der Waals surface area contributed by atoms with Crippen molar-refractivity contribution in [3.05, 3.63) is 30.5 Å². The van der Waals surface area contributed by atoms with Gasteiger partial charge in [0.2, 0.25) is 0 Å². The molecule has 0 saturated heterocycles. The highest BCUT2D eigenvalue weighted by Gasteiger charge is 2.14. The van der Waals surface area contributed by atoms with E-state index in [0.29, 0.717) is 0 Å². The Balaban J connectivity index is 2.02. The number of nitrogens with zero attached hydrogens (tertiary/aromatic N) is 2. The summed E-state index contributed by atoms with van der Waals surface area (Å²) < 4.78 is 2.20. The summed E-state index contributed by atoms with van der Waals surface area (Å²) in [5.74, 6) is 1.14. The number of hydrogen-bond acceptors (Lipinski definition) is 3. The Hall–Kier alpha value is -1.42. The molecule has 76 valence electrons. The van der Waals surface area contributed by atoms with Gasteiger partial charge in [-0.1, -0.05) is 23.9 Å². The van der Waals surface area contributed by atoms with Crippen LogP contribution in [-0.2, 0) is 6.54 Å². The second kappa shape index (κ2) is 3.31. The molecule has 1 aliphatic rings. The second-order valence-corrected chi connectivity index (χ2v) is 4.63. The minimum atomic E-state index is 0.792. The van der Waals surface area contributed by atoms with E-state index >= 15 is 0 Å². The monoisotopic (exact) mass is 217 g/mol. The summed E-state index contributed by atoms with van der Waals surface area (Å²) in [6.07, 6.45) is 2.11. The van der Waals surface area contributed by atoms with Crippen LogP contribution in [0.3, 0.4) is 0 Å². The Labute approximate surface area is 92.3 Å². The molecule has 3 nitrogen and oxygen atoms in total. The normalized spacial score (nSPS) is 14.1. The van der Waals surface area contributed by atoms with Crippen LogP contribution in [0.15, 0.2) is 35.6 Å². The number of imidazole rings is 1. The van der Waals surface area contributed by atoms with Crippen molar-refractivity contribution in [2.24, 2.45) is 0 Å². The standard InChI is InChI=1S/C11H11N3S/c12-9-3-1-8(2-4-9)10-7-14-5-6-15-11(14)13-10/h1-4,7H,5-6,12H2. The molecule has 2 aromatic rings. The van der Waals surface area contributed by atoms with E-state index in [1.165, 1.54) is 0 Å². The maximum atomic E-state index is 5.65. The van der Waals surface area contributed by atoms with Crippen LogP contribution in [-0.4, -0.2) is 15.3 Å². The second-order valence-electron chi connectivity index (χ2n) is 3.57. The molecule has 0 amide bonds. The van der Waals surface area contributed by atoms with Crippen molar-refractivity contribution in [2.45, 2.75) is 11.7 Å². The van der Waals surface area contributed by atoms with Crippen molar-refractivity contribution in [3.8, 4) is 11.3 Å². The van der Waals surface area contributed by atoms with E-state index in [9.17, 15) is 0 Å². The minimum Gasteiger partial charge on any atom is -0.399 e. The number of fused-ring (bicyclic) bond motifs is 1. The number of benzene rings is 1. The Morgan fingerprint density at radius 3 is 2.80 bits per heavy atom. The summed E-state index contributed by atoms with van der Waals surface area (Å²) in [6.45, 7) is 1.07. The number of hydrogen-bond donors (Lipinski definition) is 1. The first-order chi connectivity index (χ1) is 7.33. The molecule has 2 heterocycles. The van der Waals surface area contributed by atoms with Gasteiger partial charge >= 0.3 is 0 Å². The maximum absolute atomic E-state index is 5.65. The lowest BCUT2D eigenvalue weighted by Crippen LogP contribution is -1.89. The average Bonchev–Trinajstić information content (AvgIpc) is 2.78. The third-order valence-corrected chi connectivity index (χ3v) is 3.48. The van der Waals surface area contributed by atoms with Gasteiger partial charge in [-0.05, 0) is 12.1 Å². The van der Waals surface area contributed by atoms with E-state index in [4.69, 9.17) is 5.73 Å². The van der Waals surface area contributed by atoms with E-state index in [1.54, 1.807) is 0 Å². The van der Waals surface area contributed by atoms with Crippen LogP contribution in [0.1, 0.15) is 0 Å². The Morgan fingerprint density at radius 1 is 1.27 bits per heavy atom. The first kappa shape index (κ1) is 8.85. The molecule has 1 aliphatic heterocycles. The molecule has 4 heteroatoms. The molecule has 3 rings (SSSR count). The predicted molar refractivity (Wildman–Crippen MR) is 62.8 cm³/mol. The lowest BCUT2D eigenvalue weighted by molar-refractivity contribution is 0.719. The van der Waals surface area contributed by atoms with Crippen LogP contribution in [0, 0.1) is 0 Å². The fourth-order valence-electron chi connectivity index (χ4n) is 1.70. The van der Waals surface area contributed by atoms with Gasteiger partial charge in [0.25, 0.3) is 0 Å². The quantitative estimate of drug-likeness (QED) is 0.745. The van der Waals surface area contributed by atoms with E-state index in [1.807, 2.05) is 36.0 Å². The molecule has 0 aliphatic carbocycles. The highest BCUT2D eigenvalue weighted by Crippen LogP contribution is 2.28. The lowest BCUT2D eigenvalue weighted by Gasteiger charge is -1.97. The molecule has 15 heavy (non-hydrogen) atoms. The van der Waals surface area contributed by atoms with Crippen LogP contribution in [0.25, 0.3) is 11.3 Å². The number of nitrogen functional groups attached to an aromatic ring is 1. The largest absolute Gasteiger partial charge is 0.399 e. The van der Waals surface area contributed by atoms with Gasteiger partial charge in [0.1, 0.15) is 0 Å². The molecule has 0 saturated carbocycles. The van der Waals surface area contributed by atoms with Crippen LogP contribution in [0.4, 0.5) is 5.69 Å². The highest BCUT2D eigenvalue weighted by atomic mass is 32.2. The topological polar surface area (TPSA) is 43.8 Å². The zero-order valence-corrected chi connectivity index (χ0v) is 9.00. The van der Waals surface area contributed by atoms with Crippen molar-refractivity contribution in [3.63, 3.8) is 0 Å². The SMILES string of the molecule is Nc1ccc(-c2cn3c(n2)SCC3)cc1. The number of aryl methyl sites for hydroxylation is 1. The molecule has 0 fully saturated rings. The fraction of sp³-hybridized carbons (Fsp3) is 0.182. The van der Waals surface area contributed by atoms with Crippen molar-refractivity contribution in [1.82, 2.24) is 9.55 Å². The summed E-state index contributed by atoms with van der Waals surface area (Å²) in [5.41, 5.74) is 8.61. The third kappa shape index (κ3) is 1.51. The molecule has 0 spiro atoms. The molecular formula is C11H11N3S. The van der Waals surface area contributed by atoms with Crippen molar-refractivity contribution < 1.29 is 0 Å². The summed E-state index contributed by atoms with van der Waals surface area (Å²) in [4.78, 5) is 4.58. The summed E-state index contributed by atoms with van der Waals surface area (Å²) in [6, 6.07) is 7.84. The van der Waals surface area contributed by atoms with Crippen LogP contribution in [0.2, 0.25) is 0 Å². The van der Waals surface area contributed by atoms with E-state index in [0.717, 1.165) is 34.4 Å². The molecule has 0 unspecified atom stereocenters. The number of anilines is 1. The molecule has 0 bridgehead atoms. The Bertz CT molecular complexity index is 466. The van der Waals surface area contributed by atoms with Crippen LogP contribution >= 0.6 is 11.8 Å². The van der Waals surface area contributed by atoms with Gasteiger partial charge in [0.15, 0.2) is 5.16 Å². The van der Waals surface area contributed by atoms with Gasteiger partial charge in [-0.3, -0.25) is 0 Å². The highest BCUT2D eigenvalue weighted by molar-refractivity contribution is 7.99. The van der Waals surface area contributed by atoms with Gasteiger partial charge in [-0.15, -0.1) is 0 Å². The van der Waals surface area contributed by atoms with Gasteiger partial charge < -0.3 is 10.3 Å². The molecule has 1 aromatic carbocycles. The summed E-state index contributed by atoms with van der Waals surface area (Å²) >= 11 is 1.81. The molecule has 0 radical (unpaired) electrons. The number of thioether (sulfide) groups is 1. The minimum absolute atomic E-state index is 0.792. The van der Waals surface area contributed by atoms with Gasteiger partial charge in [-0.2, -0.15) is 0 Å². The maximum Gasteiger partial charge on any atom is 0.168 e. The molecular weight excluding hydrogens is 206 g/mol. The van der Waals surface area contributed by atoms with E-state index < -0.39 is 0 Å². The Kier molecular flexibility index (Phi) is 1.95. The zero-order valence-electron chi connectivity index (χ0n) is 8.18. The van der Waals surface area contributed by atoms with E-state index in [-0.39, 0.29) is 0 Å². The van der Waals surface area contributed by atoms with Crippen LogP contribution in [0.5, 0.6) is 0 Å². The zero-order chi connectivity index (χ0) is 10.3. The summed E-state index contributed by atoms with van der Waals surface area (Å²) in [5, 5.41) is 1.13. The third-order valence-electron chi connectivity index (χ3n) is 2.51. The molecule has 0 atom stereocenters. The lowest BCUT2D eigenvalue weighted by atomic mass is 10.1. The first-order valence-corrected chi connectivity index (χ1v) is 5.87.